The number of hydrogen-bond acceptors (Lipinski definition) is 3. The standard InChI is InChI=1S/C16H15F2NOS2/c1-2-21-14-6-4-3-5-13(14)15(20)19-11-7-9-12(10-8-11)22-16(17)18/h3-10,16H,2H2,1H3,(H,19,20). The lowest BCUT2D eigenvalue weighted by Gasteiger charge is -2.09. The van der Waals surface area contributed by atoms with E-state index in [0.29, 0.717) is 27.9 Å². The van der Waals surface area contributed by atoms with E-state index in [1.165, 1.54) is 0 Å². The largest absolute Gasteiger partial charge is 0.322 e. The van der Waals surface area contributed by atoms with E-state index in [0.717, 1.165) is 10.6 Å². The van der Waals surface area contributed by atoms with Crippen LogP contribution in [0.4, 0.5) is 14.5 Å². The first-order valence-electron chi connectivity index (χ1n) is 6.68. The summed E-state index contributed by atoms with van der Waals surface area (Å²) < 4.78 is 24.5. The van der Waals surface area contributed by atoms with Crippen LogP contribution in [0.1, 0.15) is 17.3 Å². The summed E-state index contributed by atoms with van der Waals surface area (Å²) in [5, 5.41) is 2.79. The van der Waals surface area contributed by atoms with Gasteiger partial charge in [-0.05, 0) is 42.2 Å². The van der Waals surface area contributed by atoms with Gasteiger partial charge in [0.15, 0.2) is 0 Å². The maximum atomic E-state index is 12.3. The zero-order valence-corrected chi connectivity index (χ0v) is 13.5. The lowest BCUT2D eigenvalue weighted by molar-refractivity contribution is 0.102. The molecule has 0 bridgehead atoms. The first-order valence-corrected chi connectivity index (χ1v) is 8.54. The predicted octanol–water partition coefficient (Wildman–Crippen LogP) is 5.37. The molecule has 6 heteroatoms. The normalized spacial score (nSPS) is 10.7. The van der Waals surface area contributed by atoms with Gasteiger partial charge in [0.25, 0.3) is 11.7 Å². The molecule has 0 fully saturated rings. The highest BCUT2D eigenvalue weighted by Gasteiger charge is 2.11. The van der Waals surface area contributed by atoms with Crippen molar-refractivity contribution in [2.45, 2.75) is 22.5 Å². The Kier molecular flexibility index (Phi) is 6.27. The molecule has 2 aromatic rings. The molecule has 116 valence electrons. The van der Waals surface area contributed by atoms with Crippen molar-refractivity contribution in [3.63, 3.8) is 0 Å². The minimum Gasteiger partial charge on any atom is -0.322 e. The Morgan fingerprint density at radius 1 is 1.14 bits per heavy atom. The number of alkyl halides is 2. The summed E-state index contributed by atoms with van der Waals surface area (Å²) >= 11 is 2.08. The fraction of sp³-hybridized carbons (Fsp3) is 0.188. The predicted molar refractivity (Wildman–Crippen MR) is 89.1 cm³/mol. The molecule has 2 rings (SSSR count). The highest BCUT2D eigenvalue weighted by atomic mass is 32.2. The van der Waals surface area contributed by atoms with E-state index in [1.54, 1.807) is 42.1 Å². The average Bonchev–Trinajstić information content (AvgIpc) is 2.49. The molecule has 0 unspecified atom stereocenters. The summed E-state index contributed by atoms with van der Waals surface area (Å²) in [7, 11) is 0. The van der Waals surface area contributed by atoms with Gasteiger partial charge in [0.2, 0.25) is 0 Å². The van der Waals surface area contributed by atoms with Crippen molar-refractivity contribution >= 4 is 35.1 Å². The number of rotatable bonds is 6. The molecule has 2 nitrogen and oxygen atoms in total. The molecule has 22 heavy (non-hydrogen) atoms. The number of hydrogen-bond donors (Lipinski definition) is 1. The minimum absolute atomic E-state index is 0.203. The van der Waals surface area contributed by atoms with Gasteiger partial charge in [-0.1, -0.05) is 30.8 Å². The fourth-order valence-corrected chi connectivity index (χ4v) is 3.15. The van der Waals surface area contributed by atoms with Crippen molar-refractivity contribution in [3.8, 4) is 0 Å². The molecule has 2 aromatic carbocycles. The van der Waals surface area contributed by atoms with Crippen LogP contribution in [0, 0.1) is 0 Å². The molecule has 0 saturated carbocycles. The zero-order chi connectivity index (χ0) is 15.9. The number of halogens is 2. The average molecular weight is 339 g/mol. The second kappa shape index (κ2) is 8.19. The monoisotopic (exact) mass is 339 g/mol. The third kappa shape index (κ3) is 4.74. The Labute approximate surface area is 136 Å². The Morgan fingerprint density at radius 3 is 2.45 bits per heavy atom. The van der Waals surface area contributed by atoms with Gasteiger partial charge >= 0.3 is 0 Å². The molecule has 0 aromatic heterocycles. The van der Waals surface area contributed by atoms with Crippen molar-refractivity contribution in [2.75, 3.05) is 11.1 Å². The van der Waals surface area contributed by atoms with E-state index in [1.807, 2.05) is 25.1 Å². The number of thioether (sulfide) groups is 2. The highest BCUT2D eigenvalue weighted by molar-refractivity contribution is 7.99. The number of amides is 1. The van der Waals surface area contributed by atoms with E-state index in [-0.39, 0.29) is 5.91 Å². The molecule has 0 atom stereocenters. The Hall–Kier alpha value is -1.53. The van der Waals surface area contributed by atoms with E-state index >= 15 is 0 Å². The van der Waals surface area contributed by atoms with Gasteiger partial charge in [0.05, 0.1) is 5.56 Å². The van der Waals surface area contributed by atoms with E-state index < -0.39 is 5.76 Å². The van der Waals surface area contributed by atoms with E-state index in [9.17, 15) is 13.6 Å². The van der Waals surface area contributed by atoms with Gasteiger partial charge in [-0.15, -0.1) is 11.8 Å². The van der Waals surface area contributed by atoms with Gasteiger partial charge in [-0.25, -0.2) is 0 Å². The Morgan fingerprint density at radius 2 is 1.82 bits per heavy atom. The van der Waals surface area contributed by atoms with Crippen molar-refractivity contribution in [1.82, 2.24) is 0 Å². The molecule has 1 amide bonds. The molecule has 0 radical (unpaired) electrons. The third-order valence-electron chi connectivity index (χ3n) is 2.77. The second-order valence-corrected chi connectivity index (χ2v) is 6.66. The SMILES string of the molecule is CCSc1ccccc1C(=O)Nc1ccc(SC(F)F)cc1. The lowest BCUT2D eigenvalue weighted by Crippen LogP contribution is -2.12. The van der Waals surface area contributed by atoms with Gasteiger partial charge in [-0.2, -0.15) is 8.78 Å². The van der Waals surface area contributed by atoms with Crippen molar-refractivity contribution in [1.29, 1.82) is 0 Å². The van der Waals surface area contributed by atoms with Crippen LogP contribution >= 0.6 is 23.5 Å². The molecule has 0 aliphatic heterocycles. The highest BCUT2D eigenvalue weighted by Crippen LogP contribution is 2.27. The topological polar surface area (TPSA) is 29.1 Å². The summed E-state index contributed by atoms with van der Waals surface area (Å²) in [5.74, 6) is -1.77. The van der Waals surface area contributed by atoms with Crippen LogP contribution in [0.5, 0.6) is 0 Å². The Balaban J connectivity index is 2.09. The number of nitrogens with one attached hydrogen (secondary N) is 1. The van der Waals surface area contributed by atoms with E-state index in [2.05, 4.69) is 5.32 Å². The van der Waals surface area contributed by atoms with Crippen molar-refractivity contribution in [3.05, 3.63) is 54.1 Å². The quantitative estimate of drug-likeness (QED) is 0.718. The van der Waals surface area contributed by atoms with Crippen LogP contribution in [-0.4, -0.2) is 17.4 Å². The van der Waals surface area contributed by atoms with Crippen LogP contribution in [0.2, 0.25) is 0 Å². The number of benzene rings is 2. The van der Waals surface area contributed by atoms with Crippen LogP contribution in [0.3, 0.4) is 0 Å². The number of carbonyl (C=O) groups excluding carboxylic acids is 1. The summed E-state index contributed by atoms with van der Waals surface area (Å²) in [6.45, 7) is 2.03. The maximum Gasteiger partial charge on any atom is 0.288 e. The summed E-state index contributed by atoms with van der Waals surface area (Å²) in [5.41, 5.74) is 1.19. The Bertz CT molecular complexity index is 632. The van der Waals surface area contributed by atoms with Crippen LogP contribution in [0.25, 0.3) is 0 Å². The summed E-state index contributed by atoms with van der Waals surface area (Å²) in [4.78, 5) is 13.7. The molecular formula is C16H15F2NOS2. The first-order chi connectivity index (χ1) is 10.6. The van der Waals surface area contributed by atoms with E-state index in [4.69, 9.17) is 0 Å². The molecule has 0 aliphatic carbocycles. The maximum absolute atomic E-state index is 12.3. The lowest BCUT2D eigenvalue weighted by atomic mass is 10.2. The van der Waals surface area contributed by atoms with Gasteiger partial charge in [-0.3, -0.25) is 4.79 Å². The van der Waals surface area contributed by atoms with Crippen LogP contribution in [0.15, 0.2) is 58.3 Å². The van der Waals surface area contributed by atoms with Gasteiger partial charge in [0, 0.05) is 15.5 Å². The number of anilines is 1. The molecule has 1 N–H and O–H groups in total. The molecule has 0 spiro atoms. The summed E-state index contributed by atoms with van der Waals surface area (Å²) in [6, 6.07) is 13.8. The van der Waals surface area contributed by atoms with Crippen LogP contribution in [-0.2, 0) is 0 Å². The molecule has 0 saturated heterocycles. The first kappa shape index (κ1) is 16.8. The van der Waals surface area contributed by atoms with Gasteiger partial charge in [0.1, 0.15) is 0 Å². The molecule has 0 heterocycles. The fourth-order valence-electron chi connectivity index (χ4n) is 1.85. The van der Waals surface area contributed by atoms with Gasteiger partial charge < -0.3 is 5.32 Å². The van der Waals surface area contributed by atoms with Crippen molar-refractivity contribution in [2.24, 2.45) is 0 Å². The third-order valence-corrected chi connectivity index (χ3v) is 4.45. The minimum atomic E-state index is -2.45. The van der Waals surface area contributed by atoms with Crippen LogP contribution < -0.4 is 5.32 Å². The van der Waals surface area contributed by atoms with Crippen molar-refractivity contribution < 1.29 is 13.6 Å². The number of carbonyl (C=O) groups is 1. The molecule has 0 aliphatic rings. The second-order valence-electron chi connectivity index (χ2n) is 4.29. The smallest absolute Gasteiger partial charge is 0.288 e. The molecular weight excluding hydrogens is 324 g/mol. The zero-order valence-electron chi connectivity index (χ0n) is 11.9. The summed E-state index contributed by atoms with van der Waals surface area (Å²) in [6.07, 6.45) is 0.